The highest BCUT2D eigenvalue weighted by Gasteiger charge is 2.32. The summed E-state index contributed by atoms with van der Waals surface area (Å²) in [6.07, 6.45) is 3.09. The highest BCUT2D eigenvalue weighted by molar-refractivity contribution is 5.79. The maximum absolute atomic E-state index is 11.6. The number of rotatable bonds is 4. The molecule has 92 valence electrons. The number of carbonyl (C=O) groups excluding carboxylic acids is 1. The van der Waals surface area contributed by atoms with Crippen LogP contribution in [0.5, 0.6) is 0 Å². The zero-order valence-corrected chi connectivity index (χ0v) is 9.56. The summed E-state index contributed by atoms with van der Waals surface area (Å²) in [6, 6.07) is -0.0963. The summed E-state index contributed by atoms with van der Waals surface area (Å²) in [4.78, 5) is 23.7. The molecule has 0 aromatic rings. The molecular weight excluding hydrogens is 212 g/mol. The molecule has 1 aliphatic carbocycles. The minimum absolute atomic E-state index is 0.245. The maximum Gasteiger partial charge on any atom is 0.337 e. The molecule has 16 heavy (non-hydrogen) atoms. The van der Waals surface area contributed by atoms with Crippen LogP contribution in [0.25, 0.3) is 0 Å². The van der Waals surface area contributed by atoms with Crippen molar-refractivity contribution in [1.29, 1.82) is 0 Å². The van der Waals surface area contributed by atoms with Gasteiger partial charge in [-0.1, -0.05) is 0 Å². The summed E-state index contributed by atoms with van der Waals surface area (Å²) >= 11 is 0. The van der Waals surface area contributed by atoms with Gasteiger partial charge in [-0.15, -0.1) is 0 Å². The van der Waals surface area contributed by atoms with E-state index in [9.17, 15) is 14.7 Å². The highest BCUT2D eigenvalue weighted by atomic mass is 16.4. The van der Waals surface area contributed by atoms with Crippen LogP contribution in [0.3, 0.4) is 0 Å². The van der Waals surface area contributed by atoms with Gasteiger partial charge in [0.05, 0.1) is 6.54 Å². The molecule has 0 radical (unpaired) electrons. The summed E-state index contributed by atoms with van der Waals surface area (Å²) in [6.45, 7) is 0.858. The number of urea groups is 1. The van der Waals surface area contributed by atoms with Crippen molar-refractivity contribution in [1.82, 2.24) is 10.2 Å². The Kier molecular flexibility index (Phi) is 3.74. The van der Waals surface area contributed by atoms with Gasteiger partial charge in [-0.2, -0.15) is 0 Å². The molecule has 0 bridgehead atoms. The fourth-order valence-electron chi connectivity index (χ4n) is 1.39. The number of carbonyl (C=O) groups is 2. The minimum Gasteiger partial charge on any atom is -0.479 e. The first-order valence-corrected chi connectivity index (χ1v) is 5.31. The van der Waals surface area contributed by atoms with Crippen molar-refractivity contribution in [3.63, 3.8) is 0 Å². The van der Waals surface area contributed by atoms with E-state index < -0.39 is 11.6 Å². The summed E-state index contributed by atoms with van der Waals surface area (Å²) in [5.41, 5.74) is -1.92. The van der Waals surface area contributed by atoms with Crippen LogP contribution >= 0.6 is 0 Å². The molecule has 0 saturated heterocycles. The highest BCUT2D eigenvalue weighted by Crippen LogP contribution is 2.23. The van der Waals surface area contributed by atoms with E-state index in [1.54, 1.807) is 11.9 Å². The number of amides is 2. The van der Waals surface area contributed by atoms with Crippen LogP contribution in [0, 0.1) is 0 Å². The van der Waals surface area contributed by atoms with Gasteiger partial charge in [0, 0.05) is 13.1 Å². The molecule has 2 amide bonds. The Morgan fingerprint density at radius 2 is 2.06 bits per heavy atom. The van der Waals surface area contributed by atoms with Crippen molar-refractivity contribution in [3.05, 3.63) is 0 Å². The van der Waals surface area contributed by atoms with Crippen LogP contribution in [0.1, 0.15) is 26.2 Å². The Morgan fingerprint density at radius 3 is 2.44 bits per heavy atom. The quantitative estimate of drug-likeness (QED) is 0.635. The third-order valence-corrected chi connectivity index (χ3v) is 2.99. The lowest BCUT2D eigenvalue weighted by molar-refractivity contribution is -0.155. The fourth-order valence-corrected chi connectivity index (χ4v) is 1.39. The molecule has 1 rings (SSSR count). The Balaban J connectivity index is 2.37. The summed E-state index contributed by atoms with van der Waals surface area (Å²) in [7, 11) is 1.68. The predicted octanol–water partition coefficient (Wildman–Crippen LogP) is 0.0159. The standard InChI is InChI=1S/C10H18N2O4/c1-10(16,8(13)14)6-11-9(15)12(2)7-4-3-5-7/h7,16H,3-6H2,1-2H3,(H,11,15)(H,13,14). The summed E-state index contributed by atoms with van der Waals surface area (Å²) in [5, 5.41) is 20.5. The lowest BCUT2D eigenvalue weighted by atomic mass is 9.92. The number of nitrogens with zero attached hydrogens (tertiary/aromatic N) is 1. The van der Waals surface area contributed by atoms with Crippen LogP contribution < -0.4 is 5.32 Å². The van der Waals surface area contributed by atoms with Crippen LogP contribution in [-0.2, 0) is 4.79 Å². The number of carboxylic acid groups (broad SMARTS) is 1. The van der Waals surface area contributed by atoms with Crippen LogP contribution in [0.15, 0.2) is 0 Å². The van der Waals surface area contributed by atoms with Crippen molar-refractivity contribution in [2.75, 3.05) is 13.6 Å². The van der Waals surface area contributed by atoms with E-state index in [0.29, 0.717) is 0 Å². The van der Waals surface area contributed by atoms with Crippen molar-refractivity contribution in [2.45, 2.75) is 37.8 Å². The van der Waals surface area contributed by atoms with Crippen LogP contribution in [0.4, 0.5) is 4.79 Å². The van der Waals surface area contributed by atoms with Gasteiger partial charge in [0.2, 0.25) is 0 Å². The molecular formula is C10H18N2O4. The SMILES string of the molecule is CN(C(=O)NCC(C)(O)C(=O)O)C1CCC1. The van der Waals surface area contributed by atoms with Gasteiger partial charge in [0.25, 0.3) is 0 Å². The molecule has 1 saturated carbocycles. The third-order valence-electron chi connectivity index (χ3n) is 2.99. The number of aliphatic hydroxyl groups is 1. The lowest BCUT2D eigenvalue weighted by Gasteiger charge is -2.35. The smallest absolute Gasteiger partial charge is 0.337 e. The van der Waals surface area contributed by atoms with Gasteiger partial charge in [-0.3, -0.25) is 0 Å². The van der Waals surface area contributed by atoms with E-state index in [2.05, 4.69) is 5.32 Å². The number of nitrogens with one attached hydrogen (secondary N) is 1. The van der Waals surface area contributed by atoms with Gasteiger partial charge < -0.3 is 20.4 Å². The van der Waals surface area contributed by atoms with Crippen LogP contribution in [0.2, 0.25) is 0 Å². The van der Waals surface area contributed by atoms with Crippen molar-refractivity contribution >= 4 is 12.0 Å². The average molecular weight is 230 g/mol. The molecule has 1 unspecified atom stereocenters. The zero-order chi connectivity index (χ0) is 12.3. The monoisotopic (exact) mass is 230 g/mol. The summed E-state index contributed by atoms with van der Waals surface area (Å²) < 4.78 is 0. The van der Waals surface area contributed by atoms with Gasteiger partial charge >= 0.3 is 12.0 Å². The molecule has 0 aromatic heterocycles. The zero-order valence-electron chi connectivity index (χ0n) is 9.56. The Hall–Kier alpha value is -1.30. The van der Waals surface area contributed by atoms with Gasteiger partial charge in [-0.25, -0.2) is 9.59 Å². The summed E-state index contributed by atoms with van der Waals surface area (Å²) in [5.74, 6) is -1.35. The van der Waals surface area contributed by atoms with Crippen molar-refractivity contribution < 1.29 is 19.8 Å². The number of hydrogen-bond acceptors (Lipinski definition) is 3. The first-order valence-electron chi connectivity index (χ1n) is 5.31. The van der Waals surface area contributed by atoms with E-state index in [4.69, 9.17) is 5.11 Å². The Bertz CT molecular complexity index is 287. The minimum atomic E-state index is -1.92. The molecule has 3 N–H and O–H groups in total. The van der Waals surface area contributed by atoms with E-state index in [1.807, 2.05) is 0 Å². The normalized spacial score (nSPS) is 19.4. The Morgan fingerprint density at radius 1 is 1.50 bits per heavy atom. The fraction of sp³-hybridized carbons (Fsp3) is 0.800. The number of aliphatic carboxylic acids is 1. The molecule has 1 fully saturated rings. The van der Waals surface area contributed by atoms with Crippen molar-refractivity contribution in [3.8, 4) is 0 Å². The second kappa shape index (κ2) is 4.69. The Labute approximate surface area is 94.2 Å². The molecule has 0 spiro atoms. The third kappa shape index (κ3) is 2.85. The van der Waals surface area contributed by atoms with Gasteiger partial charge in [0.1, 0.15) is 0 Å². The first kappa shape index (κ1) is 12.8. The first-order chi connectivity index (χ1) is 7.34. The average Bonchev–Trinajstić information content (AvgIpc) is 2.11. The molecule has 6 nitrogen and oxygen atoms in total. The number of carboxylic acids is 1. The topological polar surface area (TPSA) is 89.9 Å². The predicted molar refractivity (Wildman–Crippen MR) is 57.1 cm³/mol. The molecule has 6 heteroatoms. The molecule has 0 aromatic carbocycles. The van der Waals surface area contributed by atoms with E-state index in [0.717, 1.165) is 26.2 Å². The maximum atomic E-state index is 11.6. The second-order valence-corrected chi connectivity index (χ2v) is 4.43. The van der Waals surface area contributed by atoms with E-state index >= 15 is 0 Å². The molecule has 1 atom stereocenters. The van der Waals surface area contributed by atoms with Gasteiger partial charge in [0.15, 0.2) is 5.60 Å². The largest absolute Gasteiger partial charge is 0.479 e. The van der Waals surface area contributed by atoms with E-state index in [1.165, 1.54) is 0 Å². The number of hydrogen-bond donors (Lipinski definition) is 3. The molecule has 0 heterocycles. The van der Waals surface area contributed by atoms with Crippen LogP contribution in [-0.4, -0.2) is 52.3 Å². The van der Waals surface area contributed by atoms with E-state index in [-0.39, 0.29) is 18.6 Å². The second-order valence-electron chi connectivity index (χ2n) is 4.43. The van der Waals surface area contributed by atoms with Crippen molar-refractivity contribution in [2.24, 2.45) is 0 Å². The van der Waals surface area contributed by atoms with Gasteiger partial charge in [-0.05, 0) is 26.2 Å². The molecule has 0 aliphatic heterocycles. The molecule has 1 aliphatic rings. The lowest BCUT2D eigenvalue weighted by Crippen LogP contribution is -2.52.